The fourth-order valence-corrected chi connectivity index (χ4v) is 7.72. The molecular weight excluding hydrogens is 715 g/mol. The third-order valence-corrected chi connectivity index (χ3v) is 10.5. The van der Waals surface area contributed by atoms with E-state index < -0.39 is 35.9 Å². The predicted molar refractivity (Wildman–Crippen MR) is 198 cm³/mol. The van der Waals surface area contributed by atoms with Gasteiger partial charge in [-0.25, -0.2) is 0 Å². The van der Waals surface area contributed by atoms with E-state index >= 15 is 0 Å². The minimum absolute atomic E-state index is 0.0703. The molecule has 0 aromatic heterocycles. The lowest BCUT2D eigenvalue weighted by Crippen LogP contribution is -2.50. The summed E-state index contributed by atoms with van der Waals surface area (Å²) in [5.74, 6) is -2.94. The average molecular weight is 766 g/mol. The molecule has 6 atom stereocenters. The van der Waals surface area contributed by atoms with Gasteiger partial charge in [0.1, 0.15) is 17.7 Å². The zero-order valence-corrected chi connectivity index (χ0v) is 31.7. The van der Waals surface area contributed by atoms with E-state index in [1.807, 2.05) is 93.6 Å². The highest BCUT2D eigenvalue weighted by atomic mass is 19.4. The van der Waals surface area contributed by atoms with Gasteiger partial charge in [0.2, 0.25) is 5.91 Å². The lowest BCUT2D eigenvalue weighted by molar-refractivity contribution is -0.276. The molecule has 2 N–H and O–H groups in total. The van der Waals surface area contributed by atoms with Crippen molar-refractivity contribution in [2.24, 2.45) is 5.92 Å². The van der Waals surface area contributed by atoms with Crippen molar-refractivity contribution >= 4 is 17.8 Å². The molecule has 3 aromatic carbocycles. The van der Waals surface area contributed by atoms with Gasteiger partial charge < -0.3 is 29.5 Å². The number of nitrogens with zero attached hydrogens (tertiary/aromatic N) is 2. The fourth-order valence-electron chi connectivity index (χ4n) is 7.72. The molecule has 3 aliphatic rings. The molecule has 3 aromatic rings. The van der Waals surface area contributed by atoms with Gasteiger partial charge in [-0.3, -0.25) is 19.3 Å². The predicted octanol–water partition coefficient (Wildman–Crippen LogP) is 6.61. The summed E-state index contributed by atoms with van der Waals surface area (Å²) in [6.45, 7) is 8.83. The lowest BCUT2D eigenvalue weighted by Gasteiger charge is -2.43. The summed E-state index contributed by atoms with van der Waals surface area (Å²) >= 11 is 0. The van der Waals surface area contributed by atoms with Crippen molar-refractivity contribution in [2.45, 2.75) is 109 Å². The first kappa shape index (κ1) is 40.4. The number of nitrogens with one attached hydrogen (secondary N) is 1. The molecule has 55 heavy (non-hydrogen) atoms. The molecule has 0 spiro atoms. The highest BCUT2D eigenvalue weighted by molar-refractivity contribution is 5.90. The van der Waals surface area contributed by atoms with Gasteiger partial charge in [-0.15, -0.1) is 0 Å². The standard InChI is InChI=1S/C42H50F3N3O7/c1-26-35(24-47-19-7-14-34(47)38(51)55-41(2,3)4)53-39(54-36(26)29-17-15-27(25-49)16-18-29)32-12-6-11-31(22-32)30-10-5-9-28(21-30)23-46-37(50)33-13-8-20-48(33)40(52)42(43,44)45/h5-6,9-12,15-18,21-22,26,33-36,39,49H,7-8,13-14,19-20,23-25H2,1-4H3,(H,46,50)/t26-,33+,34+,35+,36+,39+/m1/s1. The zero-order valence-electron chi connectivity index (χ0n) is 31.7. The largest absolute Gasteiger partial charge is 0.471 e. The highest BCUT2D eigenvalue weighted by Crippen LogP contribution is 2.43. The minimum Gasteiger partial charge on any atom is -0.459 e. The molecule has 3 heterocycles. The molecule has 3 saturated heterocycles. The number of aliphatic hydroxyl groups is 1. The molecule has 0 saturated carbocycles. The Labute approximate surface area is 319 Å². The van der Waals surface area contributed by atoms with E-state index in [0.717, 1.165) is 46.3 Å². The smallest absolute Gasteiger partial charge is 0.459 e. The van der Waals surface area contributed by atoms with Crippen molar-refractivity contribution in [3.05, 3.63) is 95.1 Å². The molecule has 3 aliphatic heterocycles. The minimum atomic E-state index is -5.04. The van der Waals surface area contributed by atoms with Crippen molar-refractivity contribution < 1.29 is 46.9 Å². The summed E-state index contributed by atoms with van der Waals surface area (Å²) in [4.78, 5) is 40.8. The number of carbonyl (C=O) groups is 3. The van der Waals surface area contributed by atoms with E-state index in [1.165, 1.54) is 0 Å². The summed E-state index contributed by atoms with van der Waals surface area (Å²) in [6, 6.07) is 21.4. The van der Waals surface area contributed by atoms with Crippen LogP contribution in [0.2, 0.25) is 0 Å². The number of esters is 1. The second-order valence-electron chi connectivity index (χ2n) is 15.7. The van der Waals surface area contributed by atoms with Gasteiger partial charge >= 0.3 is 18.1 Å². The number of hydrogen-bond acceptors (Lipinski definition) is 8. The maximum absolute atomic E-state index is 13.2. The quantitative estimate of drug-likeness (QED) is 0.222. The number of halogens is 3. The van der Waals surface area contributed by atoms with Crippen LogP contribution in [-0.2, 0) is 41.7 Å². The van der Waals surface area contributed by atoms with Crippen LogP contribution in [-0.4, -0.2) is 82.3 Å². The van der Waals surface area contributed by atoms with Crippen LogP contribution in [0.5, 0.6) is 0 Å². The Kier molecular flexibility index (Phi) is 12.3. The van der Waals surface area contributed by atoms with Gasteiger partial charge in [0, 0.05) is 31.1 Å². The molecule has 0 aliphatic carbocycles. The maximum Gasteiger partial charge on any atom is 0.471 e. The molecule has 3 fully saturated rings. The zero-order chi connectivity index (χ0) is 39.5. The van der Waals surface area contributed by atoms with Gasteiger partial charge in [0.25, 0.3) is 0 Å². The van der Waals surface area contributed by atoms with Crippen LogP contribution in [0.4, 0.5) is 13.2 Å². The fraction of sp³-hybridized carbons (Fsp3) is 0.500. The van der Waals surface area contributed by atoms with Gasteiger partial charge in [-0.05, 0) is 92.9 Å². The Bertz CT molecular complexity index is 1830. The lowest BCUT2D eigenvalue weighted by atomic mass is 9.89. The van der Waals surface area contributed by atoms with Gasteiger partial charge in [-0.2, -0.15) is 13.2 Å². The molecule has 2 amide bonds. The van der Waals surface area contributed by atoms with Crippen LogP contribution < -0.4 is 5.32 Å². The molecule has 13 heteroatoms. The van der Waals surface area contributed by atoms with E-state index in [9.17, 15) is 32.7 Å². The third kappa shape index (κ3) is 9.75. The summed E-state index contributed by atoms with van der Waals surface area (Å²) < 4.78 is 58.5. The molecule has 10 nitrogen and oxygen atoms in total. The summed E-state index contributed by atoms with van der Waals surface area (Å²) in [5.41, 5.74) is 4.37. The molecule has 296 valence electrons. The Hall–Kier alpha value is -4.30. The summed E-state index contributed by atoms with van der Waals surface area (Å²) in [6.07, 6.45) is -4.36. The Morgan fingerprint density at radius 2 is 1.53 bits per heavy atom. The summed E-state index contributed by atoms with van der Waals surface area (Å²) in [5, 5.41) is 12.4. The number of aliphatic hydroxyl groups excluding tert-OH is 1. The molecule has 0 radical (unpaired) electrons. The first-order valence-corrected chi connectivity index (χ1v) is 18.9. The van der Waals surface area contributed by atoms with Crippen molar-refractivity contribution in [3.63, 3.8) is 0 Å². The molecular formula is C42H50F3N3O7. The van der Waals surface area contributed by atoms with Crippen LogP contribution in [0.3, 0.4) is 0 Å². The van der Waals surface area contributed by atoms with Crippen molar-refractivity contribution in [3.8, 4) is 11.1 Å². The number of benzene rings is 3. The normalized spacial score (nSPS) is 24.8. The van der Waals surface area contributed by atoms with Gasteiger partial charge in [0.15, 0.2) is 6.29 Å². The Balaban J connectivity index is 1.20. The highest BCUT2D eigenvalue weighted by Gasteiger charge is 2.48. The molecule has 0 unspecified atom stereocenters. The third-order valence-electron chi connectivity index (χ3n) is 10.5. The van der Waals surface area contributed by atoms with E-state index in [0.29, 0.717) is 24.3 Å². The number of alkyl halides is 3. The molecule has 6 rings (SSSR count). The summed E-state index contributed by atoms with van der Waals surface area (Å²) in [7, 11) is 0. The number of rotatable bonds is 10. The van der Waals surface area contributed by atoms with E-state index in [2.05, 4.69) is 17.1 Å². The van der Waals surface area contributed by atoms with Crippen LogP contribution >= 0.6 is 0 Å². The molecule has 0 bridgehead atoms. The van der Waals surface area contributed by atoms with Crippen LogP contribution in [0.25, 0.3) is 11.1 Å². The second kappa shape index (κ2) is 16.8. The van der Waals surface area contributed by atoms with Crippen LogP contribution in [0.1, 0.15) is 88.0 Å². The number of ether oxygens (including phenoxy) is 3. The first-order chi connectivity index (χ1) is 26.1. The van der Waals surface area contributed by atoms with E-state index in [4.69, 9.17) is 14.2 Å². The topological polar surface area (TPSA) is 118 Å². The maximum atomic E-state index is 13.2. The number of hydrogen-bond donors (Lipinski definition) is 2. The van der Waals surface area contributed by atoms with Gasteiger partial charge in [-0.1, -0.05) is 67.6 Å². The van der Waals surface area contributed by atoms with Crippen LogP contribution in [0, 0.1) is 5.92 Å². The van der Waals surface area contributed by atoms with Crippen molar-refractivity contribution in [2.75, 3.05) is 19.6 Å². The monoisotopic (exact) mass is 765 g/mol. The SMILES string of the molecule is C[C@@H]1[C@H](CN2CCC[C@H]2C(=O)OC(C)(C)C)O[C@H](c2cccc(-c3cccc(CNC(=O)[C@@H]4CCCN4C(=O)C(F)(F)F)c3)c2)O[C@@H]1c1ccc(CO)cc1. The second-order valence-corrected chi connectivity index (χ2v) is 15.7. The van der Waals surface area contributed by atoms with Crippen molar-refractivity contribution in [1.29, 1.82) is 0 Å². The average Bonchev–Trinajstić information content (AvgIpc) is 3.84. The Morgan fingerprint density at radius 1 is 0.855 bits per heavy atom. The van der Waals surface area contributed by atoms with E-state index in [1.54, 1.807) is 0 Å². The number of likely N-dealkylation sites (tertiary alicyclic amines) is 2. The van der Waals surface area contributed by atoms with Gasteiger partial charge in [0.05, 0.1) is 18.8 Å². The van der Waals surface area contributed by atoms with E-state index in [-0.39, 0.29) is 56.3 Å². The Morgan fingerprint density at radius 3 is 2.22 bits per heavy atom. The first-order valence-electron chi connectivity index (χ1n) is 18.9. The number of amides is 2. The van der Waals surface area contributed by atoms with Crippen LogP contribution in [0.15, 0.2) is 72.8 Å². The van der Waals surface area contributed by atoms with Crippen molar-refractivity contribution in [1.82, 2.24) is 15.1 Å². The number of carbonyl (C=O) groups excluding carboxylic acids is 3.